The van der Waals surface area contributed by atoms with Gasteiger partial charge in [0, 0.05) is 6.08 Å². The second kappa shape index (κ2) is 10.4. The van der Waals surface area contributed by atoms with Crippen LogP contribution in [0.15, 0.2) is 48.5 Å². The summed E-state index contributed by atoms with van der Waals surface area (Å²) in [6.07, 6.45) is 9.17. The fraction of sp³-hybridized carbons (Fsp3) is 0.348. The Hall–Kier alpha value is -2.55. The summed E-state index contributed by atoms with van der Waals surface area (Å²) in [5.41, 5.74) is 4.49. The van der Waals surface area contributed by atoms with E-state index in [1.54, 1.807) is 13.2 Å². The van der Waals surface area contributed by atoms with Gasteiger partial charge in [-0.05, 0) is 59.4 Å². The Morgan fingerprint density at radius 2 is 1.81 bits per heavy atom. The number of carbonyl (C=O) groups is 1. The first-order valence-corrected chi connectivity index (χ1v) is 9.21. The highest BCUT2D eigenvalue weighted by atomic mass is 16.5. The molecule has 138 valence electrons. The van der Waals surface area contributed by atoms with Crippen LogP contribution >= 0.6 is 0 Å². The van der Waals surface area contributed by atoms with Crippen LogP contribution in [0.25, 0.3) is 17.2 Å². The maximum absolute atomic E-state index is 11.3. The molecule has 2 rings (SSSR count). The van der Waals surface area contributed by atoms with E-state index in [1.165, 1.54) is 44.4 Å². The van der Waals surface area contributed by atoms with E-state index < -0.39 is 0 Å². The predicted octanol–water partition coefficient (Wildman–Crippen LogP) is 5.67. The largest absolute Gasteiger partial charge is 0.496 e. The average molecular weight is 352 g/mol. The Morgan fingerprint density at radius 3 is 2.54 bits per heavy atom. The molecule has 0 aromatic heterocycles. The third-order valence-electron chi connectivity index (χ3n) is 4.41. The van der Waals surface area contributed by atoms with Crippen molar-refractivity contribution < 1.29 is 14.3 Å². The van der Waals surface area contributed by atoms with Crippen molar-refractivity contribution in [2.24, 2.45) is 0 Å². The van der Waals surface area contributed by atoms with Crippen LogP contribution in [0.2, 0.25) is 0 Å². The second-order valence-electron chi connectivity index (χ2n) is 6.32. The molecule has 0 radical (unpaired) electrons. The van der Waals surface area contributed by atoms with E-state index in [9.17, 15) is 4.79 Å². The number of ether oxygens (including phenoxy) is 2. The maximum Gasteiger partial charge on any atom is 0.330 e. The molecule has 0 unspecified atom stereocenters. The summed E-state index contributed by atoms with van der Waals surface area (Å²) in [7, 11) is 3.10. The number of carbonyl (C=O) groups excluding carboxylic acids is 1. The van der Waals surface area contributed by atoms with Gasteiger partial charge in [-0.15, -0.1) is 0 Å². The van der Waals surface area contributed by atoms with Gasteiger partial charge in [0.15, 0.2) is 0 Å². The molecule has 0 aliphatic heterocycles. The standard InChI is InChI=1S/C23H28O3/c1-4-5-6-7-10-21-17-20(13-14-22(21)25-2)19-11-8-9-18(16-19)12-15-23(24)26-3/h8-9,11-17H,4-7,10H2,1-3H3. The lowest BCUT2D eigenvalue weighted by molar-refractivity contribution is -0.134. The lowest BCUT2D eigenvalue weighted by atomic mass is 9.98. The van der Waals surface area contributed by atoms with Crippen LogP contribution in [-0.2, 0) is 16.0 Å². The molecule has 0 fully saturated rings. The Balaban J connectivity index is 2.22. The summed E-state index contributed by atoms with van der Waals surface area (Å²) in [5.74, 6) is 0.598. The van der Waals surface area contributed by atoms with Crippen molar-refractivity contribution in [2.75, 3.05) is 14.2 Å². The molecule has 0 heterocycles. The third kappa shape index (κ3) is 5.76. The van der Waals surface area contributed by atoms with Gasteiger partial charge in [0.2, 0.25) is 0 Å². The normalized spacial score (nSPS) is 10.9. The number of rotatable bonds is 9. The monoisotopic (exact) mass is 352 g/mol. The number of methoxy groups -OCH3 is 2. The molecule has 0 bridgehead atoms. The van der Waals surface area contributed by atoms with E-state index in [0.717, 1.165) is 28.9 Å². The molecule has 26 heavy (non-hydrogen) atoms. The van der Waals surface area contributed by atoms with E-state index >= 15 is 0 Å². The molecule has 2 aromatic carbocycles. The van der Waals surface area contributed by atoms with Crippen LogP contribution in [-0.4, -0.2) is 20.2 Å². The smallest absolute Gasteiger partial charge is 0.330 e. The van der Waals surface area contributed by atoms with Crippen molar-refractivity contribution in [1.29, 1.82) is 0 Å². The lowest BCUT2D eigenvalue weighted by Gasteiger charge is -2.11. The van der Waals surface area contributed by atoms with Crippen molar-refractivity contribution >= 4 is 12.0 Å². The van der Waals surface area contributed by atoms with Crippen molar-refractivity contribution in [3.63, 3.8) is 0 Å². The minimum absolute atomic E-state index is 0.353. The van der Waals surface area contributed by atoms with E-state index in [4.69, 9.17) is 4.74 Å². The molecule has 0 aliphatic carbocycles. The molecule has 0 saturated carbocycles. The molecule has 2 aromatic rings. The molecule has 0 spiro atoms. The van der Waals surface area contributed by atoms with Gasteiger partial charge in [-0.3, -0.25) is 0 Å². The zero-order valence-electron chi connectivity index (χ0n) is 16.0. The first-order chi connectivity index (χ1) is 12.7. The summed E-state index contributed by atoms with van der Waals surface area (Å²) in [6, 6.07) is 14.5. The molecule has 0 amide bonds. The van der Waals surface area contributed by atoms with Gasteiger partial charge in [-0.1, -0.05) is 50.5 Å². The number of hydrogen-bond donors (Lipinski definition) is 0. The van der Waals surface area contributed by atoms with Gasteiger partial charge in [-0.25, -0.2) is 4.79 Å². The maximum atomic E-state index is 11.3. The highest BCUT2D eigenvalue weighted by Gasteiger charge is 2.07. The minimum Gasteiger partial charge on any atom is -0.496 e. The van der Waals surface area contributed by atoms with E-state index in [2.05, 4.69) is 35.9 Å². The van der Waals surface area contributed by atoms with Gasteiger partial charge in [0.05, 0.1) is 14.2 Å². The summed E-state index contributed by atoms with van der Waals surface area (Å²) in [6.45, 7) is 2.23. The lowest BCUT2D eigenvalue weighted by Crippen LogP contribution is -1.94. The fourth-order valence-corrected chi connectivity index (χ4v) is 2.95. The Labute approximate surface area is 156 Å². The highest BCUT2D eigenvalue weighted by molar-refractivity contribution is 5.87. The van der Waals surface area contributed by atoms with E-state index in [0.29, 0.717) is 0 Å². The SMILES string of the molecule is CCCCCCc1cc(-c2cccc(C=CC(=O)OC)c2)ccc1OC. The number of unbranched alkanes of at least 4 members (excludes halogenated alkanes) is 3. The molecule has 0 N–H and O–H groups in total. The third-order valence-corrected chi connectivity index (χ3v) is 4.41. The average Bonchev–Trinajstić information content (AvgIpc) is 2.69. The molecule has 0 saturated heterocycles. The molecular formula is C23H28O3. The van der Waals surface area contributed by atoms with Crippen molar-refractivity contribution in [2.45, 2.75) is 39.0 Å². The van der Waals surface area contributed by atoms with E-state index in [1.807, 2.05) is 18.2 Å². The van der Waals surface area contributed by atoms with Gasteiger partial charge in [0.1, 0.15) is 5.75 Å². The van der Waals surface area contributed by atoms with Gasteiger partial charge in [-0.2, -0.15) is 0 Å². The van der Waals surface area contributed by atoms with Crippen LogP contribution in [0.4, 0.5) is 0 Å². The topological polar surface area (TPSA) is 35.5 Å². The van der Waals surface area contributed by atoms with Gasteiger partial charge < -0.3 is 9.47 Å². The quantitative estimate of drug-likeness (QED) is 0.331. The summed E-state index contributed by atoms with van der Waals surface area (Å²) in [4.78, 5) is 11.3. The summed E-state index contributed by atoms with van der Waals surface area (Å²) in [5, 5.41) is 0. The number of benzene rings is 2. The number of hydrogen-bond acceptors (Lipinski definition) is 3. The summed E-state index contributed by atoms with van der Waals surface area (Å²) >= 11 is 0. The van der Waals surface area contributed by atoms with Crippen LogP contribution in [0.1, 0.15) is 43.7 Å². The van der Waals surface area contributed by atoms with Crippen molar-refractivity contribution in [3.8, 4) is 16.9 Å². The Morgan fingerprint density at radius 1 is 1.00 bits per heavy atom. The molecular weight excluding hydrogens is 324 g/mol. The zero-order valence-corrected chi connectivity index (χ0v) is 16.0. The second-order valence-corrected chi connectivity index (χ2v) is 6.32. The molecule has 0 aliphatic rings. The van der Waals surface area contributed by atoms with Crippen molar-refractivity contribution in [3.05, 3.63) is 59.7 Å². The van der Waals surface area contributed by atoms with Gasteiger partial charge >= 0.3 is 5.97 Å². The van der Waals surface area contributed by atoms with Crippen LogP contribution in [0.5, 0.6) is 5.75 Å². The number of esters is 1. The molecule has 3 nitrogen and oxygen atoms in total. The van der Waals surface area contributed by atoms with E-state index in [-0.39, 0.29) is 5.97 Å². The Kier molecular flexibility index (Phi) is 7.94. The highest BCUT2D eigenvalue weighted by Crippen LogP contribution is 2.28. The number of aryl methyl sites for hydroxylation is 1. The first kappa shape index (κ1) is 19.8. The zero-order chi connectivity index (χ0) is 18.8. The van der Waals surface area contributed by atoms with Crippen molar-refractivity contribution in [1.82, 2.24) is 0 Å². The van der Waals surface area contributed by atoms with Crippen LogP contribution in [0, 0.1) is 0 Å². The minimum atomic E-state index is -0.353. The predicted molar refractivity (Wildman–Crippen MR) is 107 cm³/mol. The Bertz CT molecular complexity index is 747. The van der Waals surface area contributed by atoms with Crippen LogP contribution < -0.4 is 4.74 Å². The molecule has 0 atom stereocenters. The molecule has 3 heteroatoms. The van der Waals surface area contributed by atoms with Gasteiger partial charge in [0.25, 0.3) is 0 Å². The fourth-order valence-electron chi connectivity index (χ4n) is 2.95. The first-order valence-electron chi connectivity index (χ1n) is 9.21. The summed E-state index contributed by atoms with van der Waals surface area (Å²) < 4.78 is 10.2. The van der Waals surface area contributed by atoms with Crippen LogP contribution in [0.3, 0.4) is 0 Å².